The number of esters is 1. The van der Waals surface area contributed by atoms with Gasteiger partial charge in [0, 0.05) is 12.6 Å². The number of hydrogen-bond acceptors (Lipinski definition) is 9. The lowest BCUT2D eigenvalue weighted by Gasteiger charge is -2.19. The number of nitrogens with zero attached hydrogens (tertiary/aromatic N) is 4. The molecule has 2 aliphatic rings. The van der Waals surface area contributed by atoms with Crippen LogP contribution in [0.1, 0.15) is 18.7 Å². The van der Waals surface area contributed by atoms with Crippen molar-refractivity contribution in [2.45, 2.75) is 37.8 Å². The summed E-state index contributed by atoms with van der Waals surface area (Å²) in [4.78, 5) is 36.7. The van der Waals surface area contributed by atoms with E-state index in [0.29, 0.717) is 17.7 Å². The van der Waals surface area contributed by atoms with Gasteiger partial charge >= 0.3 is 12.0 Å². The number of carbonyl (C=O) groups is 2. The van der Waals surface area contributed by atoms with Crippen LogP contribution in [0.3, 0.4) is 0 Å². The number of nitrogens with one attached hydrogen (secondary N) is 2. The van der Waals surface area contributed by atoms with Gasteiger partial charge in [0.15, 0.2) is 29.5 Å². The van der Waals surface area contributed by atoms with E-state index in [1.807, 2.05) is 49.4 Å². The summed E-state index contributed by atoms with van der Waals surface area (Å²) in [6.07, 6.45) is 6.56. The van der Waals surface area contributed by atoms with Gasteiger partial charge < -0.3 is 24.3 Å². The van der Waals surface area contributed by atoms with Gasteiger partial charge in [0.05, 0.1) is 13.4 Å². The lowest BCUT2D eigenvalue weighted by atomic mass is 10.1. The number of methoxy groups -OCH3 is 1. The number of hydrogen-bond donors (Lipinski definition) is 2. The molecular weight excluding hydrogens is 480 g/mol. The Kier molecular flexibility index (Phi) is 7.21. The minimum Gasteiger partial charge on any atom is -0.466 e. The van der Waals surface area contributed by atoms with Crippen molar-refractivity contribution in [3.63, 3.8) is 0 Å². The van der Waals surface area contributed by atoms with Crippen LogP contribution in [0.5, 0.6) is 0 Å². The summed E-state index contributed by atoms with van der Waals surface area (Å²) in [7, 11) is 1.30. The topological polar surface area (TPSA) is 139 Å². The molecule has 1 aromatic carbocycles. The molecule has 2 amide bonds. The third-order valence-corrected chi connectivity index (χ3v) is 5.88. The van der Waals surface area contributed by atoms with Gasteiger partial charge in [0.2, 0.25) is 0 Å². The van der Waals surface area contributed by atoms with Crippen molar-refractivity contribution in [1.29, 1.82) is 0 Å². The first-order valence-electron chi connectivity index (χ1n) is 11.8. The van der Waals surface area contributed by atoms with Crippen LogP contribution >= 0.6 is 0 Å². The first-order chi connectivity index (χ1) is 18.1. The first kappa shape index (κ1) is 24.6. The van der Waals surface area contributed by atoms with Crippen LogP contribution in [-0.2, 0) is 23.7 Å². The van der Waals surface area contributed by atoms with Crippen LogP contribution < -0.4 is 10.6 Å². The number of amides is 2. The van der Waals surface area contributed by atoms with Crippen LogP contribution in [0.25, 0.3) is 17.2 Å². The van der Waals surface area contributed by atoms with Gasteiger partial charge in [-0.05, 0) is 24.6 Å². The molecule has 2 saturated heterocycles. The molecule has 12 nitrogen and oxygen atoms in total. The smallest absolute Gasteiger partial charge is 0.330 e. The van der Waals surface area contributed by atoms with Gasteiger partial charge in [0.25, 0.3) is 0 Å². The molecule has 12 heteroatoms. The Balaban J connectivity index is 1.43. The molecular formula is C25H26N6O6. The fourth-order valence-electron chi connectivity index (χ4n) is 4.21. The van der Waals surface area contributed by atoms with Crippen molar-refractivity contribution in [3.8, 4) is 0 Å². The maximum absolute atomic E-state index is 12.0. The van der Waals surface area contributed by atoms with E-state index in [2.05, 4.69) is 25.6 Å². The average molecular weight is 507 g/mol. The molecule has 3 aromatic rings. The second kappa shape index (κ2) is 10.9. The molecule has 0 radical (unpaired) electrons. The van der Waals surface area contributed by atoms with E-state index in [1.165, 1.54) is 19.5 Å². The Bertz CT molecular complexity index is 1330. The average Bonchev–Trinajstić information content (AvgIpc) is 3.61. The van der Waals surface area contributed by atoms with Gasteiger partial charge in [-0.25, -0.2) is 24.5 Å². The zero-order valence-electron chi connectivity index (χ0n) is 20.2. The van der Waals surface area contributed by atoms with Crippen molar-refractivity contribution in [2.24, 2.45) is 0 Å². The molecule has 5 rings (SSSR count). The minimum absolute atomic E-state index is 0.263. The highest BCUT2D eigenvalue weighted by atomic mass is 16.8. The number of ether oxygens (including phenoxy) is 4. The number of fused-ring (bicyclic) bond motifs is 2. The van der Waals surface area contributed by atoms with Gasteiger partial charge in [-0.1, -0.05) is 36.4 Å². The summed E-state index contributed by atoms with van der Waals surface area (Å²) in [5.41, 5.74) is 1.84. The highest BCUT2D eigenvalue weighted by Gasteiger charge is 2.52. The van der Waals surface area contributed by atoms with E-state index in [9.17, 15) is 9.59 Å². The molecule has 5 unspecified atom stereocenters. The monoisotopic (exact) mass is 506 g/mol. The van der Waals surface area contributed by atoms with Crippen LogP contribution in [0.4, 0.5) is 10.6 Å². The van der Waals surface area contributed by atoms with E-state index < -0.39 is 42.8 Å². The fourth-order valence-corrected chi connectivity index (χ4v) is 4.21. The molecule has 192 valence electrons. The zero-order valence-corrected chi connectivity index (χ0v) is 20.2. The van der Waals surface area contributed by atoms with Gasteiger partial charge in [0.1, 0.15) is 24.6 Å². The molecule has 0 bridgehead atoms. The standard InChI is InChI=1S/C25H26N6O6/c1-3-26-25(33)30-22-19-23(28-13-27-22)31(14-29-19)24-21-20(16(35-24)10-11-17(32)34-2)36-18(37-21)12-9-15-7-5-4-6-8-15/h4-14,16,18,20-21,24H,3H2,1-2H3,(H2,26,27,28,30,33). The van der Waals surface area contributed by atoms with E-state index in [0.717, 1.165) is 5.56 Å². The van der Waals surface area contributed by atoms with Crippen LogP contribution in [-0.4, -0.2) is 69.8 Å². The minimum atomic E-state index is -0.676. The quantitative estimate of drug-likeness (QED) is 0.365. The predicted octanol–water partition coefficient (Wildman–Crippen LogP) is 2.42. The Morgan fingerprint density at radius 1 is 1.08 bits per heavy atom. The van der Waals surface area contributed by atoms with Crippen molar-refractivity contribution in [1.82, 2.24) is 24.8 Å². The predicted molar refractivity (Wildman–Crippen MR) is 132 cm³/mol. The SMILES string of the molecule is CCNC(=O)Nc1ncnc2c1ncn2C1OC(C=CC(=O)OC)C2OC(C=Cc3ccccc3)OC21. The number of carbonyl (C=O) groups excluding carboxylic acids is 2. The summed E-state index contributed by atoms with van der Waals surface area (Å²) >= 11 is 0. The molecule has 2 aromatic heterocycles. The maximum atomic E-state index is 12.0. The lowest BCUT2D eigenvalue weighted by molar-refractivity contribution is -0.135. The second-order valence-electron chi connectivity index (χ2n) is 8.24. The van der Waals surface area contributed by atoms with Crippen LogP contribution in [0, 0.1) is 0 Å². The van der Waals surface area contributed by atoms with E-state index in [1.54, 1.807) is 17.0 Å². The molecule has 2 N–H and O–H groups in total. The Morgan fingerprint density at radius 3 is 2.68 bits per heavy atom. The number of rotatable bonds is 7. The van der Waals surface area contributed by atoms with E-state index >= 15 is 0 Å². The second-order valence-corrected chi connectivity index (χ2v) is 8.24. The molecule has 0 saturated carbocycles. The van der Waals surface area contributed by atoms with Crippen LogP contribution in [0.2, 0.25) is 0 Å². The highest BCUT2D eigenvalue weighted by Crippen LogP contribution is 2.41. The molecule has 5 atom stereocenters. The maximum Gasteiger partial charge on any atom is 0.330 e. The van der Waals surface area contributed by atoms with Crippen LogP contribution in [0.15, 0.2) is 61.2 Å². The van der Waals surface area contributed by atoms with Crippen molar-refractivity contribution in [3.05, 3.63) is 66.8 Å². The molecule has 37 heavy (non-hydrogen) atoms. The zero-order chi connectivity index (χ0) is 25.8. The Morgan fingerprint density at radius 2 is 1.89 bits per heavy atom. The summed E-state index contributed by atoms with van der Waals surface area (Å²) in [6, 6.07) is 9.39. The lowest BCUT2D eigenvalue weighted by Crippen LogP contribution is -2.29. The molecule has 0 spiro atoms. The van der Waals surface area contributed by atoms with Crippen molar-refractivity contribution in [2.75, 3.05) is 19.0 Å². The number of urea groups is 1. The largest absolute Gasteiger partial charge is 0.466 e. The number of aromatic nitrogens is 4. The summed E-state index contributed by atoms with van der Waals surface area (Å²) < 4.78 is 25.0. The first-order valence-corrected chi connectivity index (χ1v) is 11.8. The fraction of sp³-hybridized carbons (Fsp3) is 0.320. The molecule has 0 aliphatic carbocycles. The van der Waals surface area contributed by atoms with E-state index in [4.69, 9.17) is 18.9 Å². The Labute approximate surface area is 212 Å². The normalized spacial score (nSPS) is 25.1. The summed E-state index contributed by atoms with van der Waals surface area (Å²) in [5.74, 6) is -0.247. The number of benzene rings is 1. The van der Waals surface area contributed by atoms with E-state index in [-0.39, 0.29) is 5.82 Å². The van der Waals surface area contributed by atoms with Gasteiger partial charge in [-0.2, -0.15) is 0 Å². The summed E-state index contributed by atoms with van der Waals surface area (Å²) in [5, 5.41) is 5.33. The van der Waals surface area contributed by atoms with Gasteiger partial charge in [-0.15, -0.1) is 0 Å². The highest BCUT2D eigenvalue weighted by molar-refractivity contribution is 5.95. The molecule has 2 fully saturated rings. The molecule has 4 heterocycles. The van der Waals surface area contributed by atoms with Gasteiger partial charge in [-0.3, -0.25) is 9.88 Å². The molecule has 2 aliphatic heterocycles. The number of imidazole rings is 1. The third-order valence-electron chi connectivity index (χ3n) is 5.88. The third kappa shape index (κ3) is 5.21. The number of anilines is 1. The summed E-state index contributed by atoms with van der Waals surface area (Å²) in [6.45, 7) is 2.28. The Hall–Kier alpha value is -4.13. The van der Waals surface area contributed by atoms with Crippen molar-refractivity contribution < 1.29 is 28.5 Å². The van der Waals surface area contributed by atoms with Crippen molar-refractivity contribution >= 4 is 35.1 Å².